The molecule has 1 aliphatic carbocycles. The fourth-order valence-corrected chi connectivity index (χ4v) is 4.72. The van der Waals surface area contributed by atoms with Crippen LogP contribution in [0.1, 0.15) is 46.0 Å². The topological polar surface area (TPSA) is 52.9 Å². The van der Waals surface area contributed by atoms with Crippen molar-refractivity contribution in [3.8, 4) is 6.07 Å². The third-order valence-electron chi connectivity index (χ3n) is 4.73. The van der Waals surface area contributed by atoms with Crippen molar-refractivity contribution >= 4 is 22.2 Å². The molecular formula is C20H22N2OS. The SMILES string of the molecule is Cc1ccc(CC(=O)Nc2sc3c(c2C#N)CC[C@@H](C)C3)c(C)c1. The second kappa shape index (κ2) is 6.78. The Morgan fingerprint density at radius 2 is 2.21 bits per heavy atom. The van der Waals surface area contributed by atoms with E-state index in [1.807, 2.05) is 26.0 Å². The van der Waals surface area contributed by atoms with Crippen molar-refractivity contribution in [2.75, 3.05) is 5.32 Å². The van der Waals surface area contributed by atoms with Crippen LogP contribution in [0.3, 0.4) is 0 Å². The molecule has 0 fully saturated rings. The molecule has 3 rings (SSSR count). The number of nitriles is 1. The van der Waals surface area contributed by atoms with Gasteiger partial charge in [-0.1, -0.05) is 30.7 Å². The summed E-state index contributed by atoms with van der Waals surface area (Å²) in [6, 6.07) is 8.43. The molecule has 0 bridgehead atoms. The Morgan fingerprint density at radius 3 is 2.92 bits per heavy atom. The fourth-order valence-electron chi connectivity index (χ4n) is 3.35. The third-order valence-corrected chi connectivity index (χ3v) is 5.90. The smallest absolute Gasteiger partial charge is 0.229 e. The first-order valence-electron chi connectivity index (χ1n) is 8.38. The van der Waals surface area contributed by atoms with Gasteiger partial charge in [0.1, 0.15) is 11.1 Å². The van der Waals surface area contributed by atoms with Crippen LogP contribution in [0.2, 0.25) is 0 Å². The molecule has 1 aromatic heterocycles. The first-order valence-corrected chi connectivity index (χ1v) is 9.20. The number of hydrogen-bond donors (Lipinski definition) is 1. The Bertz CT molecular complexity index is 829. The van der Waals surface area contributed by atoms with Crippen LogP contribution >= 0.6 is 11.3 Å². The highest BCUT2D eigenvalue weighted by Gasteiger charge is 2.24. The Kier molecular flexibility index (Phi) is 4.73. The molecule has 0 unspecified atom stereocenters. The van der Waals surface area contributed by atoms with Crippen LogP contribution < -0.4 is 5.32 Å². The van der Waals surface area contributed by atoms with E-state index >= 15 is 0 Å². The lowest BCUT2D eigenvalue weighted by atomic mass is 9.88. The van der Waals surface area contributed by atoms with Gasteiger partial charge in [0.05, 0.1) is 12.0 Å². The molecule has 1 aromatic carbocycles. The van der Waals surface area contributed by atoms with Crippen molar-refractivity contribution in [1.29, 1.82) is 5.26 Å². The first-order chi connectivity index (χ1) is 11.5. The summed E-state index contributed by atoms with van der Waals surface area (Å²) >= 11 is 1.58. The van der Waals surface area contributed by atoms with E-state index in [1.54, 1.807) is 11.3 Å². The maximum absolute atomic E-state index is 12.5. The van der Waals surface area contributed by atoms with E-state index < -0.39 is 0 Å². The molecule has 124 valence electrons. The molecule has 1 aliphatic rings. The molecule has 1 atom stereocenters. The van der Waals surface area contributed by atoms with Crippen LogP contribution in [0.4, 0.5) is 5.00 Å². The Labute approximate surface area is 147 Å². The minimum atomic E-state index is -0.0508. The van der Waals surface area contributed by atoms with Crippen LogP contribution in [-0.2, 0) is 24.1 Å². The van der Waals surface area contributed by atoms with Gasteiger partial charge in [-0.2, -0.15) is 5.26 Å². The lowest BCUT2D eigenvalue weighted by molar-refractivity contribution is -0.115. The number of aryl methyl sites for hydroxylation is 2. The standard InChI is InChI=1S/C20H22N2OS/c1-12-4-6-15(14(3)8-12)10-19(23)22-20-17(11-21)16-7-5-13(2)9-18(16)24-20/h4,6,8,13H,5,7,9-10H2,1-3H3,(H,22,23)/t13-/m1/s1. The molecule has 0 saturated carbocycles. The first kappa shape index (κ1) is 16.7. The largest absolute Gasteiger partial charge is 0.316 e. The molecule has 0 radical (unpaired) electrons. The lowest BCUT2D eigenvalue weighted by Gasteiger charge is -2.17. The number of amides is 1. The summed E-state index contributed by atoms with van der Waals surface area (Å²) in [5.41, 5.74) is 5.19. The molecular weight excluding hydrogens is 316 g/mol. The summed E-state index contributed by atoms with van der Waals surface area (Å²) in [5.74, 6) is 0.603. The molecule has 0 aliphatic heterocycles. The van der Waals surface area contributed by atoms with Gasteiger partial charge >= 0.3 is 0 Å². The Balaban J connectivity index is 1.78. The van der Waals surface area contributed by atoms with Gasteiger partial charge in [-0.3, -0.25) is 4.79 Å². The fraction of sp³-hybridized carbons (Fsp3) is 0.400. The molecule has 1 heterocycles. The number of nitrogens with zero attached hydrogens (tertiary/aromatic N) is 1. The predicted molar refractivity (Wildman–Crippen MR) is 98.5 cm³/mol. The van der Waals surface area contributed by atoms with Gasteiger partial charge in [-0.25, -0.2) is 0 Å². The van der Waals surface area contributed by atoms with E-state index in [0.29, 0.717) is 17.9 Å². The summed E-state index contributed by atoms with van der Waals surface area (Å²) in [5, 5.41) is 13.2. The van der Waals surface area contributed by atoms with Crippen LogP contribution in [-0.4, -0.2) is 5.91 Å². The van der Waals surface area contributed by atoms with E-state index in [0.717, 1.165) is 41.0 Å². The molecule has 3 nitrogen and oxygen atoms in total. The van der Waals surface area contributed by atoms with Crippen LogP contribution in [0.25, 0.3) is 0 Å². The number of rotatable bonds is 3. The summed E-state index contributed by atoms with van der Waals surface area (Å²) in [7, 11) is 0. The summed E-state index contributed by atoms with van der Waals surface area (Å²) in [6.07, 6.45) is 3.43. The zero-order chi connectivity index (χ0) is 17.3. The van der Waals surface area contributed by atoms with Gasteiger partial charge < -0.3 is 5.32 Å². The Hall–Kier alpha value is -2.12. The number of fused-ring (bicyclic) bond motifs is 1. The van der Waals surface area contributed by atoms with Crippen molar-refractivity contribution in [1.82, 2.24) is 0 Å². The Morgan fingerprint density at radius 1 is 1.42 bits per heavy atom. The number of hydrogen-bond acceptors (Lipinski definition) is 3. The van der Waals surface area contributed by atoms with Gasteiger partial charge in [0.25, 0.3) is 0 Å². The normalized spacial score (nSPS) is 16.3. The van der Waals surface area contributed by atoms with E-state index in [9.17, 15) is 10.1 Å². The van der Waals surface area contributed by atoms with Gasteiger partial charge in [0.15, 0.2) is 0 Å². The van der Waals surface area contributed by atoms with E-state index in [4.69, 9.17) is 0 Å². The zero-order valence-corrected chi connectivity index (χ0v) is 15.2. The molecule has 4 heteroatoms. The average Bonchev–Trinajstić information content (AvgIpc) is 2.86. The quantitative estimate of drug-likeness (QED) is 0.893. The second-order valence-electron chi connectivity index (χ2n) is 6.82. The number of carbonyl (C=O) groups excluding carboxylic acids is 1. The number of thiophene rings is 1. The van der Waals surface area contributed by atoms with Gasteiger partial charge in [0.2, 0.25) is 5.91 Å². The van der Waals surface area contributed by atoms with Gasteiger partial charge in [-0.05, 0) is 55.7 Å². The van der Waals surface area contributed by atoms with Gasteiger partial charge in [0, 0.05) is 4.88 Å². The average molecular weight is 338 g/mol. The zero-order valence-electron chi connectivity index (χ0n) is 14.4. The molecule has 0 saturated heterocycles. The van der Waals surface area contributed by atoms with Crippen LogP contribution in [0, 0.1) is 31.1 Å². The van der Waals surface area contributed by atoms with E-state index in [-0.39, 0.29) is 5.91 Å². The number of nitrogens with one attached hydrogen (secondary N) is 1. The van der Waals surface area contributed by atoms with Crippen LogP contribution in [0.5, 0.6) is 0 Å². The van der Waals surface area contributed by atoms with Gasteiger partial charge in [-0.15, -0.1) is 11.3 Å². The molecule has 2 aromatic rings. The molecule has 24 heavy (non-hydrogen) atoms. The number of anilines is 1. The highest BCUT2D eigenvalue weighted by atomic mass is 32.1. The lowest BCUT2D eigenvalue weighted by Crippen LogP contribution is -2.15. The predicted octanol–water partition coefficient (Wildman–Crippen LogP) is 4.54. The highest BCUT2D eigenvalue weighted by Crippen LogP contribution is 2.39. The van der Waals surface area contributed by atoms with Crippen LogP contribution in [0.15, 0.2) is 18.2 Å². The van der Waals surface area contributed by atoms with Crippen molar-refractivity contribution in [3.05, 3.63) is 50.9 Å². The second-order valence-corrected chi connectivity index (χ2v) is 7.93. The van der Waals surface area contributed by atoms with Crippen molar-refractivity contribution in [2.45, 2.75) is 46.5 Å². The minimum Gasteiger partial charge on any atom is -0.316 e. The third kappa shape index (κ3) is 3.37. The maximum Gasteiger partial charge on any atom is 0.229 e. The summed E-state index contributed by atoms with van der Waals surface area (Å²) in [6.45, 7) is 6.32. The van der Waals surface area contributed by atoms with Crippen molar-refractivity contribution in [2.24, 2.45) is 5.92 Å². The molecule has 0 spiro atoms. The van der Waals surface area contributed by atoms with E-state index in [2.05, 4.69) is 24.4 Å². The monoisotopic (exact) mass is 338 g/mol. The highest BCUT2D eigenvalue weighted by molar-refractivity contribution is 7.16. The molecule has 1 amide bonds. The van der Waals surface area contributed by atoms with Crippen molar-refractivity contribution in [3.63, 3.8) is 0 Å². The number of benzene rings is 1. The van der Waals surface area contributed by atoms with E-state index in [1.165, 1.54) is 10.4 Å². The number of carbonyl (C=O) groups is 1. The summed E-state index contributed by atoms with van der Waals surface area (Å²) in [4.78, 5) is 13.7. The minimum absolute atomic E-state index is 0.0508. The maximum atomic E-state index is 12.5. The summed E-state index contributed by atoms with van der Waals surface area (Å²) < 4.78 is 0. The molecule has 1 N–H and O–H groups in total. The van der Waals surface area contributed by atoms with Crippen molar-refractivity contribution < 1.29 is 4.79 Å².